The van der Waals surface area contributed by atoms with E-state index < -0.39 is 72.3 Å². The van der Waals surface area contributed by atoms with Crippen LogP contribution < -0.4 is 0 Å². The topological polar surface area (TPSA) is 9.23 Å². The first-order valence-corrected chi connectivity index (χ1v) is 7.25. The lowest BCUT2D eigenvalue weighted by molar-refractivity contribution is -0.441. The highest BCUT2D eigenvalue weighted by Gasteiger charge is 2.91. The maximum absolute atomic E-state index is 13.2. The number of alkyl halides is 20. The summed E-state index contributed by atoms with van der Waals surface area (Å²) in [7, 11) is 0. The van der Waals surface area contributed by atoms with Crippen molar-refractivity contribution in [1.29, 1.82) is 0 Å². The predicted octanol–water partition coefficient (Wildman–Crippen LogP) is 7.68. The Labute approximate surface area is 175 Å². The molecule has 0 heterocycles. The Morgan fingerprint density at radius 1 is 0.429 bits per heavy atom. The van der Waals surface area contributed by atoms with Gasteiger partial charge in [0.1, 0.15) is 0 Å². The van der Waals surface area contributed by atoms with E-state index in [9.17, 15) is 96.6 Å². The van der Waals surface area contributed by atoms with Gasteiger partial charge in [-0.15, -0.1) is 0 Å². The molecule has 0 bridgehead atoms. The monoisotopic (exact) mass is 580 g/mol. The van der Waals surface area contributed by atoms with Gasteiger partial charge < -0.3 is 4.74 Å². The Balaban J connectivity index is 6.28. The zero-order valence-electron chi connectivity index (χ0n) is 14.9. The van der Waals surface area contributed by atoms with Gasteiger partial charge in [-0.2, -0.15) is 96.6 Å². The van der Waals surface area contributed by atoms with Crippen LogP contribution in [-0.2, 0) is 4.74 Å². The molecule has 0 unspecified atom stereocenters. The number of hydrogen-bond donors (Lipinski definition) is 0. The summed E-state index contributed by atoms with van der Waals surface area (Å²) < 4.78 is 280. The number of halogens is 22. The second-order valence-electron chi connectivity index (χ2n) is 6.02. The van der Waals surface area contributed by atoms with E-state index in [-0.39, 0.29) is 0 Å². The molecule has 0 rings (SSSR count). The molecule has 0 fully saturated rings. The minimum atomic E-state index is -8.46. The van der Waals surface area contributed by atoms with Gasteiger partial charge in [0.2, 0.25) is 5.83 Å². The SMILES string of the molecule is FC(OCC(F)(F)C(F)(F)C(F)(F)C(F)(F)C(F)(F)C(F)(F)F)=C(F)C(F)(F)C(F)(F)C(F)(F)F. The van der Waals surface area contributed by atoms with E-state index in [0.29, 0.717) is 0 Å². The Bertz CT molecular complexity index is 796. The van der Waals surface area contributed by atoms with Crippen LogP contribution in [0.2, 0.25) is 0 Å². The molecule has 0 atom stereocenters. The summed E-state index contributed by atoms with van der Waals surface area (Å²) in [5.74, 6) is -60.4. The molecule has 0 spiro atoms. The van der Waals surface area contributed by atoms with Gasteiger partial charge in [0, 0.05) is 0 Å². The van der Waals surface area contributed by atoms with Gasteiger partial charge in [-0.1, -0.05) is 0 Å². The van der Waals surface area contributed by atoms with Crippen molar-refractivity contribution < 1.29 is 101 Å². The standard InChI is InChI=1S/C12H2F22O/c13-2(5(17,18)7(21,22)11(29,30)31)3(14)35-1-4(15,16)6(19,20)8(23,24)9(25,26)10(27,28)12(32,33)34/h1H2. The minimum absolute atomic E-state index is 2.25. The Morgan fingerprint density at radius 3 is 1.06 bits per heavy atom. The first-order valence-electron chi connectivity index (χ1n) is 7.25. The van der Waals surface area contributed by atoms with Gasteiger partial charge in [0.25, 0.3) is 0 Å². The molecule has 0 aromatic heterocycles. The Morgan fingerprint density at radius 2 is 0.743 bits per heavy atom. The van der Waals surface area contributed by atoms with E-state index in [2.05, 4.69) is 4.74 Å². The molecule has 210 valence electrons. The molecular formula is C12H2F22O. The third kappa shape index (κ3) is 4.86. The normalized spacial score (nSPS) is 16.9. The van der Waals surface area contributed by atoms with E-state index in [1.165, 1.54) is 0 Å². The lowest BCUT2D eigenvalue weighted by Crippen LogP contribution is -2.70. The first kappa shape index (κ1) is 33.0. The Kier molecular flexibility index (Phi) is 8.05. The van der Waals surface area contributed by atoms with E-state index >= 15 is 0 Å². The van der Waals surface area contributed by atoms with Crippen molar-refractivity contribution in [2.24, 2.45) is 0 Å². The molecule has 0 aliphatic heterocycles. The molecule has 0 N–H and O–H groups in total. The van der Waals surface area contributed by atoms with Crippen LogP contribution >= 0.6 is 0 Å². The van der Waals surface area contributed by atoms with Crippen molar-refractivity contribution in [3.63, 3.8) is 0 Å². The molecule has 0 aliphatic carbocycles. The zero-order valence-corrected chi connectivity index (χ0v) is 14.9. The van der Waals surface area contributed by atoms with Gasteiger partial charge in [-0.05, 0) is 0 Å². The first-order chi connectivity index (χ1) is 14.8. The summed E-state index contributed by atoms with van der Waals surface area (Å²) in [4.78, 5) is 0. The Hall–Kier alpha value is -2.00. The van der Waals surface area contributed by atoms with E-state index in [1.54, 1.807) is 0 Å². The largest absolute Gasteiger partial charge is 0.462 e. The van der Waals surface area contributed by atoms with E-state index in [0.717, 1.165) is 0 Å². The maximum Gasteiger partial charge on any atom is 0.460 e. The van der Waals surface area contributed by atoms with Crippen LogP contribution in [0.3, 0.4) is 0 Å². The van der Waals surface area contributed by atoms with E-state index in [1.807, 2.05) is 0 Å². The van der Waals surface area contributed by atoms with Crippen molar-refractivity contribution in [1.82, 2.24) is 0 Å². The smallest absolute Gasteiger partial charge is 0.460 e. The molecule has 1 nitrogen and oxygen atoms in total. The fourth-order valence-corrected chi connectivity index (χ4v) is 1.55. The van der Waals surface area contributed by atoms with Crippen LogP contribution in [0.25, 0.3) is 0 Å². The lowest BCUT2D eigenvalue weighted by Gasteiger charge is -2.39. The average Bonchev–Trinajstić information content (AvgIpc) is 2.62. The minimum Gasteiger partial charge on any atom is -0.462 e. The van der Waals surface area contributed by atoms with Crippen molar-refractivity contribution in [2.75, 3.05) is 6.61 Å². The second-order valence-corrected chi connectivity index (χ2v) is 6.02. The maximum atomic E-state index is 13.2. The third-order valence-corrected chi connectivity index (χ3v) is 3.58. The summed E-state index contributed by atoms with van der Waals surface area (Å²) in [5, 5.41) is 0. The van der Waals surface area contributed by atoms with Crippen LogP contribution in [0, 0.1) is 0 Å². The molecule has 0 aliphatic rings. The van der Waals surface area contributed by atoms with Gasteiger partial charge in [0.15, 0.2) is 6.61 Å². The van der Waals surface area contributed by atoms with E-state index in [4.69, 9.17) is 0 Å². The number of hydrogen-bond acceptors (Lipinski definition) is 1. The molecule has 0 amide bonds. The van der Waals surface area contributed by atoms with Gasteiger partial charge >= 0.3 is 59.8 Å². The highest BCUT2D eigenvalue weighted by atomic mass is 19.4. The highest BCUT2D eigenvalue weighted by Crippen LogP contribution is 2.60. The van der Waals surface area contributed by atoms with Crippen LogP contribution in [0.5, 0.6) is 0 Å². The van der Waals surface area contributed by atoms with Gasteiger partial charge in [0.05, 0.1) is 0 Å². The summed E-state index contributed by atoms with van der Waals surface area (Å²) in [6.07, 6.45) is -15.2. The summed E-state index contributed by atoms with van der Waals surface area (Å²) in [6.45, 7) is -4.18. The molecule has 0 aromatic carbocycles. The van der Waals surface area contributed by atoms with Gasteiger partial charge in [-0.3, -0.25) is 0 Å². The summed E-state index contributed by atoms with van der Waals surface area (Å²) in [5.41, 5.74) is 0. The van der Waals surface area contributed by atoms with Crippen molar-refractivity contribution in [2.45, 2.75) is 53.8 Å². The van der Waals surface area contributed by atoms with Crippen molar-refractivity contribution >= 4 is 0 Å². The zero-order chi connectivity index (χ0) is 29.1. The molecule has 23 heteroatoms. The highest BCUT2D eigenvalue weighted by molar-refractivity contribution is 5.14. The fourth-order valence-electron chi connectivity index (χ4n) is 1.55. The molecule has 0 saturated carbocycles. The lowest BCUT2D eigenvalue weighted by atomic mass is 9.94. The number of allylic oxidation sites excluding steroid dienone is 1. The third-order valence-electron chi connectivity index (χ3n) is 3.58. The fraction of sp³-hybridized carbons (Fsp3) is 0.833. The van der Waals surface area contributed by atoms with Crippen LogP contribution in [0.4, 0.5) is 96.6 Å². The summed E-state index contributed by atoms with van der Waals surface area (Å²) >= 11 is 0. The number of rotatable bonds is 9. The van der Waals surface area contributed by atoms with Crippen molar-refractivity contribution in [3.8, 4) is 0 Å². The van der Waals surface area contributed by atoms with Crippen LogP contribution in [-0.4, -0.2) is 60.4 Å². The van der Waals surface area contributed by atoms with Gasteiger partial charge in [-0.25, -0.2) is 0 Å². The molecule has 0 saturated heterocycles. The quantitative estimate of drug-likeness (QED) is 0.201. The number of ether oxygens (including phenoxy) is 1. The summed E-state index contributed by atoms with van der Waals surface area (Å²) in [6, 6.07) is -4.38. The van der Waals surface area contributed by atoms with Crippen molar-refractivity contribution in [3.05, 3.63) is 11.8 Å². The second kappa shape index (κ2) is 8.54. The molecular weight excluding hydrogens is 578 g/mol. The predicted molar refractivity (Wildman–Crippen MR) is 61.9 cm³/mol. The average molecular weight is 580 g/mol. The molecule has 0 aromatic rings. The van der Waals surface area contributed by atoms with Crippen LogP contribution in [0.1, 0.15) is 0 Å². The molecule has 35 heavy (non-hydrogen) atoms. The molecule has 0 radical (unpaired) electrons. The van der Waals surface area contributed by atoms with Crippen LogP contribution in [0.15, 0.2) is 11.8 Å².